The lowest BCUT2D eigenvalue weighted by molar-refractivity contribution is 0.0270. The van der Waals surface area contributed by atoms with E-state index in [2.05, 4.69) is 35.5 Å². The third-order valence-corrected chi connectivity index (χ3v) is 7.41. The van der Waals surface area contributed by atoms with E-state index in [0.29, 0.717) is 0 Å². The molecule has 0 saturated carbocycles. The van der Waals surface area contributed by atoms with Crippen LogP contribution < -0.4 is 0 Å². The molecule has 5 atom stereocenters. The van der Waals surface area contributed by atoms with Crippen molar-refractivity contribution in [2.24, 2.45) is 5.92 Å². The molecule has 130 valence electrons. The zero-order chi connectivity index (χ0) is 17.2. The number of halogens is 1. The first-order chi connectivity index (χ1) is 9.84. The largest absolute Gasteiger partial charge is 0.490 e. The van der Waals surface area contributed by atoms with E-state index < -0.39 is 36.2 Å². The lowest BCUT2D eigenvalue weighted by Gasteiger charge is -2.19. The molecular formula is C6H15BIO11P3. The van der Waals surface area contributed by atoms with Gasteiger partial charge in [0.1, 0.15) is 0 Å². The van der Waals surface area contributed by atoms with Crippen LogP contribution in [0.1, 0.15) is 13.3 Å². The van der Waals surface area contributed by atoms with Gasteiger partial charge in [0, 0.05) is 6.00 Å². The topological polar surface area (TPSA) is 169 Å². The van der Waals surface area contributed by atoms with Crippen LogP contribution in [-0.2, 0) is 31.6 Å². The van der Waals surface area contributed by atoms with Crippen molar-refractivity contribution in [1.29, 1.82) is 0 Å². The Bertz CT molecular complexity index is 524. The lowest BCUT2D eigenvalue weighted by atomic mass is 9.92. The standard InChI is InChI=1S/C6H15BIO11P3/c1-4-2-6(7-8)17-5(4)3-16-21(12,13)19-22(14,15)18-20(9,10)11/h4-7H,2-3H2,1H3,(H,12,13)(H,14,15)(H2,9,10,11)/t4-,5+,6+/m0/s1. The Balaban J connectivity index is 2.56. The van der Waals surface area contributed by atoms with E-state index in [4.69, 9.17) is 19.4 Å². The Morgan fingerprint density at radius 1 is 1.18 bits per heavy atom. The van der Waals surface area contributed by atoms with Gasteiger partial charge in [-0.2, -0.15) is 31.0 Å². The van der Waals surface area contributed by atoms with Crippen molar-refractivity contribution in [3.05, 3.63) is 0 Å². The number of phosphoric ester groups is 1. The summed E-state index contributed by atoms with van der Waals surface area (Å²) in [7, 11) is -15.9. The maximum atomic E-state index is 11.5. The minimum atomic E-state index is -5.47. The molecule has 1 aliphatic heterocycles. The van der Waals surface area contributed by atoms with Crippen LogP contribution in [0, 0.1) is 5.92 Å². The fourth-order valence-electron chi connectivity index (χ4n) is 1.78. The summed E-state index contributed by atoms with van der Waals surface area (Å²) in [5, 5.41) is 0.730. The van der Waals surface area contributed by atoms with Crippen molar-refractivity contribution < 1.29 is 51.2 Å². The first kappa shape index (κ1) is 21.2. The van der Waals surface area contributed by atoms with Crippen LogP contribution in [0.5, 0.6) is 0 Å². The highest BCUT2D eigenvalue weighted by Gasteiger charge is 2.42. The van der Waals surface area contributed by atoms with Gasteiger partial charge in [-0.15, -0.1) is 0 Å². The Labute approximate surface area is 140 Å². The molecule has 22 heavy (non-hydrogen) atoms. The number of hydrogen-bond donors (Lipinski definition) is 4. The Morgan fingerprint density at radius 2 is 1.77 bits per heavy atom. The zero-order valence-electron chi connectivity index (χ0n) is 11.2. The molecule has 0 radical (unpaired) electrons. The van der Waals surface area contributed by atoms with Crippen molar-refractivity contribution in [1.82, 2.24) is 0 Å². The summed E-state index contributed by atoms with van der Waals surface area (Å²) in [6.45, 7) is 1.45. The van der Waals surface area contributed by atoms with Gasteiger partial charge < -0.3 is 24.3 Å². The molecule has 2 unspecified atom stereocenters. The van der Waals surface area contributed by atoms with Crippen molar-refractivity contribution >= 4 is 51.0 Å². The smallest absolute Gasteiger partial charge is 0.380 e. The fraction of sp³-hybridized carbons (Fsp3) is 1.00. The fourth-order valence-corrected chi connectivity index (χ4v) is 5.37. The van der Waals surface area contributed by atoms with Crippen LogP contribution in [-0.4, -0.2) is 43.4 Å². The van der Waals surface area contributed by atoms with Crippen molar-refractivity contribution in [2.75, 3.05) is 6.61 Å². The summed E-state index contributed by atoms with van der Waals surface area (Å²) >= 11 is 2.13. The maximum Gasteiger partial charge on any atom is 0.490 e. The van der Waals surface area contributed by atoms with Crippen LogP contribution in [0.15, 0.2) is 0 Å². The molecule has 4 N–H and O–H groups in total. The molecule has 1 rings (SSSR count). The average Bonchev–Trinajstić information content (AvgIpc) is 2.62. The van der Waals surface area contributed by atoms with E-state index in [-0.39, 0.29) is 11.9 Å². The van der Waals surface area contributed by atoms with E-state index >= 15 is 0 Å². The SMILES string of the molecule is C[C@H]1C[C@H](BI)O[C@@H]1COP(=O)(O)OP(=O)(O)OP(=O)(O)O. The molecule has 0 aliphatic carbocycles. The average molecular weight is 494 g/mol. The van der Waals surface area contributed by atoms with Gasteiger partial charge in [0.05, 0.1) is 12.7 Å². The molecule has 0 bridgehead atoms. The van der Waals surface area contributed by atoms with Crippen molar-refractivity contribution in [2.45, 2.75) is 25.5 Å². The Kier molecular flexibility index (Phi) is 7.74. The van der Waals surface area contributed by atoms with Crippen molar-refractivity contribution in [3.8, 4) is 0 Å². The van der Waals surface area contributed by atoms with Gasteiger partial charge >= 0.3 is 23.5 Å². The first-order valence-corrected chi connectivity index (χ1v) is 11.9. The maximum absolute atomic E-state index is 11.5. The molecule has 0 aromatic heterocycles. The molecule has 1 saturated heterocycles. The molecule has 1 aliphatic rings. The molecule has 0 spiro atoms. The minimum Gasteiger partial charge on any atom is -0.380 e. The highest BCUT2D eigenvalue weighted by molar-refractivity contribution is 14.1. The summed E-state index contributed by atoms with van der Waals surface area (Å²) in [6.07, 6.45) is 0.220. The number of rotatable bonds is 8. The summed E-state index contributed by atoms with van der Waals surface area (Å²) in [4.78, 5) is 35.1. The second kappa shape index (κ2) is 8.03. The van der Waals surface area contributed by atoms with Crippen LogP contribution in [0.25, 0.3) is 0 Å². The van der Waals surface area contributed by atoms with Gasteiger partial charge in [-0.3, -0.25) is 4.52 Å². The third kappa shape index (κ3) is 7.82. The first-order valence-electron chi connectivity index (χ1n) is 5.83. The predicted molar refractivity (Wildman–Crippen MR) is 83.4 cm³/mol. The van der Waals surface area contributed by atoms with Gasteiger partial charge in [-0.05, 0) is 12.3 Å². The minimum absolute atomic E-state index is 0.0230. The van der Waals surface area contributed by atoms with E-state index in [1.54, 1.807) is 0 Å². The van der Waals surface area contributed by atoms with Crippen LogP contribution >= 0.6 is 45.8 Å². The van der Waals surface area contributed by atoms with E-state index in [1.165, 1.54) is 0 Å². The molecule has 0 amide bonds. The normalized spacial score (nSPS) is 31.5. The molecule has 11 nitrogen and oxygen atoms in total. The molecule has 1 heterocycles. The van der Waals surface area contributed by atoms with Gasteiger partial charge in [0.25, 0.3) is 0 Å². The molecule has 0 aromatic carbocycles. The molecule has 0 aromatic rings. The van der Waals surface area contributed by atoms with Gasteiger partial charge in [-0.1, -0.05) is 6.92 Å². The Hall–Kier alpha value is 1.16. The second-order valence-corrected chi connectivity index (χ2v) is 9.85. The third-order valence-electron chi connectivity index (χ3n) is 2.63. The number of hydrogen-bond acceptors (Lipinski definition) is 7. The van der Waals surface area contributed by atoms with Crippen LogP contribution in [0.3, 0.4) is 0 Å². The van der Waals surface area contributed by atoms with E-state index in [1.807, 2.05) is 6.92 Å². The van der Waals surface area contributed by atoms with Crippen LogP contribution in [0.4, 0.5) is 0 Å². The lowest BCUT2D eigenvalue weighted by Crippen LogP contribution is -2.21. The van der Waals surface area contributed by atoms with Crippen molar-refractivity contribution in [3.63, 3.8) is 0 Å². The predicted octanol–water partition coefficient (Wildman–Crippen LogP) is 0.867. The van der Waals surface area contributed by atoms with Gasteiger partial charge in [0.15, 0.2) is 0 Å². The van der Waals surface area contributed by atoms with E-state index in [9.17, 15) is 18.6 Å². The van der Waals surface area contributed by atoms with E-state index in [0.717, 1.165) is 11.6 Å². The summed E-state index contributed by atoms with van der Waals surface area (Å²) in [5.74, 6) is 0.0343. The zero-order valence-corrected chi connectivity index (χ0v) is 16.1. The molecular weight excluding hydrogens is 479 g/mol. The quantitative estimate of drug-likeness (QED) is 0.215. The van der Waals surface area contributed by atoms with Crippen LogP contribution in [0.2, 0.25) is 0 Å². The summed E-state index contributed by atoms with van der Waals surface area (Å²) in [6, 6.07) is -0.0230. The highest BCUT2D eigenvalue weighted by atomic mass is 127. The highest BCUT2D eigenvalue weighted by Crippen LogP contribution is 2.66. The second-order valence-electron chi connectivity index (χ2n) is 4.55. The number of ether oxygens (including phenoxy) is 1. The Morgan fingerprint density at radius 3 is 2.23 bits per heavy atom. The van der Waals surface area contributed by atoms with Gasteiger partial charge in [-0.25, -0.2) is 13.7 Å². The van der Waals surface area contributed by atoms with Gasteiger partial charge in [0.2, 0.25) is 5.14 Å². The molecule has 16 heteroatoms. The number of phosphoric acid groups is 3. The molecule has 1 fully saturated rings. The summed E-state index contributed by atoms with van der Waals surface area (Å²) < 4.78 is 50.4. The monoisotopic (exact) mass is 494 g/mol. The summed E-state index contributed by atoms with van der Waals surface area (Å²) in [5.41, 5.74) is 0.